The Labute approximate surface area is 102 Å². The van der Waals surface area contributed by atoms with Crippen LogP contribution in [0, 0.1) is 0 Å². The molecule has 2 bridgehead atoms. The summed E-state index contributed by atoms with van der Waals surface area (Å²) in [6.45, 7) is 0. The molecule has 1 fully saturated rings. The van der Waals surface area contributed by atoms with Gasteiger partial charge in [0.25, 0.3) is 0 Å². The number of aromatic nitrogens is 1. The van der Waals surface area contributed by atoms with Crippen molar-refractivity contribution in [2.24, 2.45) is 0 Å². The second-order valence-corrected chi connectivity index (χ2v) is 7.37. The van der Waals surface area contributed by atoms with Gasteiger partial charge in [0, 0.05) is 18.5 Å². The molecule has 3 rings (SSSR count). The first-order valence-electron chi connectivity index (χ1n) is 5.83. The minimum atomic E-state index is -2.98. The Kier molecular flexibility index (Phi) is 2.32. The average molecular weight is 252 g/mol. The van der Waals surface area contributed by atoms with Gasteiger partial charge in [-0.3, -0.25) is 9.88 Å². The highest BCUT2D eigenvalue weighted by Gasteiger charge is 2.48. The van der Waals surface area contributed by atoms with Crippen molar-refractivity contribution in [3.63, 3.8) is 0 Å². The fraction of sp³-hybridized carbons (Fsp3) is 0.583. The number of rotatable bonds is 1. The number of nitrogens with zero attached hydrogens (tertiary/aromatic N) is 2. The average Bonchev–Trinajstić information content (AvgIpc) is 2.49. The van der Waals surface area contributed by atoms with Gasteiger partial charge in [-0.05, 0) is 31.5 Å². The van der Waals surface area contributed by atoms with Crippen LogP contribution in [0.5, 0.6) is 0 Å². The molecule has 0 aromatic carbocycles. The molecule has 0 radical (unpaired) electrons. The fourth-order valence-electron chi connectivity index (χ4n) is 3.23. The van der Waals surface area contributed by atoms with Gasteiger partial charge in [0.05, 0.1) is 17.0 Å². The van der Waals surface area contributed by atoms with Crippen LogP contribution in [0.15, 0.2) is 18.3 Å². The minimum absolute atomic E-state index is 0.117. The van der Waals surface area contributed by atoms with Crippen molar-refractivity contribution in [2.75, 3.05) is 13.3 Å². The van der Waals surface area contributed by atoms with E-state index in [9.17, 15) is 8.42 Å². The largest absolute Gasteiger partial charge is 0.293 e. The molecule has 5 heteroatoms. The number of pyridine rings is 1. The molecule has 0 amide bonds. The summed E-state index contributed by atoms with van der Waals surface area (Å²) in [7, 11) is -0.965. The van der Waals surface area contributed by atoms with Crippen molar-refractivity contribution in [1.29, 1.82) is 0 Å². The van der Waals surface area contributed by atoms with E-state index in [-0.39, 0.29) is 17.3 Å². The van der Waals surface area contributed by atoms with Crippen molar-refractivity contribution in [2.45, 2.75) is 30.2 Å². The molecule has 0 aliphatic carbocycles. The molecule has 2 aliphatic rings. The molecule has 3 atom stereocenters. The Morgan fingerprint density at radius 2 is 2.24 bits per heavy atom. The van der Waals surface area contributed by atoms with Gasteiger partial charge in [-0.25, -0.2) is 8.42 Å². The lowest BCUT2D eigenvalue weighted by Gasteiger charge is -2.32. The predicted octanol–water partition coefficient (Wildman–Crippen LogP) is 0.796. The lowest BCUT2D eigenvalue weighted by atomic mass is 9.99. The van der Waals surface area contributed by atoms with Crippen LogP contribution in [-0.4, -0.2) is 42.9 Å². The number of hydrogen-bond acceptors (Lipinski definition) is 4. The van der Waals surface area contributed by atoms with E-state index in [0.717, 1.165) is 12.1 Å². The Hall–Kier alpha value is -0.940. The maximum atomic E-state index is 11.8. The molecule has 3 unspecified atom stereocenters. The van der Waals surface area contributed by atoms with Gasteiger partial charge in [0.2, 0.25) is 0 Å². The third kappa shape index (κ3) is 1.60. The second kappa shape index (κ2) is 3.53. The standard InChI is InChI=1S/C12H16N2O2S/c1-14-9-6-8-4-3-5-13-12(8)10(14)7-11(9)17(2,15)16/h3-5,9-11H,6-7H2,1-2H3. The molecule has 17 heavy (non-hydrogen) atoms. The van der Waals surface area contributed by atoms with Crippen LogP contribution in [0.2, 0.25) is 0 Å². The third-order valence-electron chi connectivity index (χ3n) is 4.12. The first-order chi connectivity index (χ1) is 7.98. The summed E-state index contributed by atoms with van der Waals surface area (Å²) in [5, 5.41) is -0.244. The Morgan fingerprint density at radius 1 is 1.47 bits per heavy atom. The number of hydrogen-bond donors (Lipinski definition) is 0. The van der Waals surface area contributed by atoms with E-state index in [2.05, 4.69) is 16.0 Å². The first kappa shape index (κ1) is 11.2. The van der Waals surface area contributed by atoms with Gasteiger partial charge in [0.15, 0.2) is 9.84 Å². The van der Waals surface area contributed by atoms with Gasteiger partial charge >= 0.3 is 0 Å². The second-order valence-electron chi connectivity index (χ2n) is 5.10. The van der Waals surface area contributed by atoms with Crippen LogP contribution < -0.4 is 0 Å². The molecule has 3 heterocycles. The molecule has 4 nitrogen and oxygen atoms in total. The van der Waals surface area contributed by atoms with E-state index in [0.29, 0.717) is 6.42 Å². The van der Waals surface area contributed by atoms with E-state index in [1.165, 1.54) is 11.8 Å². The Bertz CT molecular complexity index is 555. The van der Waals surface area contributed by atoms with Gasteiger partial charge in [-0.2, -0.15) is 0 Å². The van der Waals surface area contributed by atoms with Crippen molar-refractivity contribution in [3.8, 4) is 0 Å². The van der Waals surface area contributed by atoms with Gasteiger partial charge in [-0.15, -0.1) is 0 Å². The summed E-state index contributed by atoms with van der Waals surface area (Å²) in [6, 6.07) is 4.29. The summed E-state index contributed by atoms with van der Waals surface area (Å²) < 4.78 is 23.7. The van der Waals surface area contributed by atoms with Crippen molar-refractivity contribution >= 4 is 9.84 Å². The van der Waals surface area contributed by atoms with E-state index >= 15 is 0 Å². The van der Waals surface area contributed by atoms with Crippen molar-refractivity contribution in [1.82, 2.24) is 9.88 Å². The fourth-order valence-corrected chi connectivity index (χ4v) is 4.62. The summed E-state index contributed by atoms with van der Waals surface area (Å²) in [4.78, 5) is 6.61. The Morgan fingerprint density at radius 3 is 2.94 bits per heavy atom. The zero-order valence-electron chi connectivity index (χ0n) is 10.00. The first-order valence-corrected chi connectivity index (χ1v) is 7.78. The minimum Gasteiger partial charge on any atom is -0.293 e. The maximum Gasteiger partial charge on any atom is 0.151 e. The quantitative estimate of drug-likeness (QED) is 0.741. The van der Waals surface area contributed by atoms with E-state index < -0.39 is 9.84 Å². The molecular formula is C12H16N2O2S. The van der Waals surface area contributed by atoms with Gasteiger partial charge in [-0.1, -0.05) is 6.07 Å². The monoisotopic (exact) mass is 252 g/mol. The van der Waals surface area contributed by atoms with E-state index in [1.807, 2.05) is 13.1 Å². The topological polar surface area (TPSA) is 50.3 Å². The summed E-state index contributed by atoms with van der Waals surface area (Å²) in [5.74, 6) is 0. The summed E-state index contributed by atoms with van der Waals surface area (Å²) >= 11 is 0. The zero-order chi connectivity index (χ0) is 12.2. The molecule has 0 N–H and O–H groups in total. The summed E-state index contributed by atoms with van der Waals surface area (Å²) in [6.07, 6.45) is 4.63. The molecular weight excluding hydrogens is 236 g/mol. The third-order valence-corrected chi connectivity index (χ3v) is 5.73. The molecule has 1 aromatic rings. The zero-order valence-corrected chi connectivity index (χ0v) is 10.8. The predicted molar refractivity (Wildman–Crippen MR) is 65.5 cm³/mol. The summed E-state index contributed by atoms with van der Waals surface area (Å²) in [5.41, 5.74) is 2.28. The Balaban J connectivity index is 2.07. The van der Waals surface area contributed by atoms with Crippen LogP contribution in [0.4, 0.5) is 0 Å². The van der Waals surface area contributed by atoms with E-state index in [1.54, 1.807) is 6.20 Å². The van der Waals surface area contributed by atoms with Crippen LogP contribution in [-0.2, 0) is 16.3 Å². The van der Waals surface area contributed by atoms with Crippen LogP contribution in [0.3, 0.4) is 0 Å². The lowest BCUT2D eigenvalue weighted by Crippen LogP contribution is -2.41. The molecule has 0 spiro atoms. The number of likely N-dealkylation sites (N-methyl/N-ethyl adjacent to an activating group) is 1. The number of sulfone groups is 1. The van der Waals surface area contributed by atoms with Crippen LogP contribution in [0.25, 0.3) is 0 Å². The molecule has 1 saturated heterocycles. The van der Waals surface area contributed by atoms with Crippen molar-refractivity contribution in [3.05, 3.63) is 29.6 Å². The van der Waals surface area contributed by atoms with Gasteiger partial charge in [0.1, 0.15) is 0 Å². The lowest BCUT2D eigenvalue weighted by molar-refractivity contribution is 0.220. The molecule has 92 valence electrons. The van der Waals surface area contributed by atoms with Crippen LogP contribution in [0.1, 0.15) is 23.7 Å². The highest BCUT2D eigenvalue weighted by atomic mass is 32.2. The van der Waals surface area contributed by atoms with E-state index in [4.69, 9.17) is 0 Å². The highest BCUT2D eigenvalue weighted by molar-refractivity contribution is 7.91. The SMILES string of the molecule is CN1C2CC(S(C)(=O)=O)C1Cc1cccnc12. The molecule has 0 saturated carbocycles. The van der Waals surface area contributed by atoms with Gasteiger partial charge < -0.3 is 0 Å². The van der Waals surface area contributed by atoms with Crippen molar-refractivity contribution < 1.29 is 8.42 Å². The maximum absolute atomic E-state index is 11.8. The normalized spacial score (nSPS) is 32.5. The number of fused-ring (bicyclic) bond motifs is 4. The van der Waals surface area contributed by atoms with Crippen LogP contribution >= 0.6 is 0 Å². The molecule has 2 aliphatic heterocycles. The smallest absolute Gasteiger partial charge is 0.151 e. The molecule has 1 aromatic heterocycles. The highest BCUT2D eigenvalue weighted by Crippen LogP contribution is 2.43.